The van der Waals surface area contributed by atoms with Gasteiger partial charge in [0.05, 0.1) is 20.1 Å². The van der Waals surface area contributed by atoms with Gasteiger partial charge in [-0.1, -0.05) is 0 Å². The highest BCUT2D eigenvalue weighted by Gasteiger charge is 2.67. The standard InChI is InChI=1S/C9H14F5NO5S/c1-15(2,5-7(16)17)3-4-20-21(18,19)9(13,14)8(11,12)6-10/h3-6H2,1-2H3. The molecule has 0 aromatic rings. The van der Waals surface area contributed by atoms with E-state index in [2.05, 4.69) is 4.18 Å². The lowest BCUT2D eigenvalue weighted by atomic mass is 10.4. The summed E-state index contributed by atoms with van der Waals surface area (Å²) in [6, 6.07) is 0. The summed E-state index contributed by atoms with van der Waals surface area (Å²) in [5.74, 6) is -6.92. The second kappa shape index (κ2) is 6.40. The maximum absolute atomic E-state index is 13.0. The number of nitrogens with zero attached hydrogens (tertiary/aromatic N) is 1. The third-order valence-electron chi connectivity index (χ3n) is 2.40. The van der Waals surface area contributed by atoms with Crippen LogP contribution in [-0.4, -0.2) is 70.5 Å². The fourth-order valence-electron chi connectivity index (χ4n) is 1.16. The van der Waals surface area contributed by atoms with Gasteiger partial charge in [0.2, 0.25) is 0 Å². The molecule has 0 aliphatic carbocycles. The highest BCUT2D eigenvalue weighted by molar-refractivity contribution is 7.87. The van der Waals surface area contributed by atoms with Crippen LogP contribution in [0.15, 0.2) is 0 Å². The molecule has 0 atom stereocenters. The van der Waals surface area contributed by atoms with E-state index in [9.17, 15) is 40.3 Å². The molecule has 0 aromatic carbocycles. The number of alkyl halides is 5. The molecule has 0 N–H and O–H groups in total. The third-order valence-corrected chi connectivity index (χ3v) is 3.80. The number of rotatable bonds is 9. The van der Waals surface area contributed by atoms with Crippen LogP contribution in [0.4, 0.5) is 22.0 Å². The smallest absolute Gasteiger partial charge is 0.434 e. The van der Waals surface area contributed by atoms with Crippen molar-refractivity contribution in [2.75, 3.05) is 40.5 Å². The Bertz CT molecular complexity index is 479. The summed E-state index contributed by atoms with van der Waals surface area (Å²) < 4.78 is 88.4. The van der Waals surface area contributed by atoms with Crippen molar-refractivity contribution in [3.05, 3.63) is 0 Å². The molecule has 0 saturated heterocycles. The summed E-state index contributed by atoms with van der Waals surface area (Å²) in [4.78, 5) is 10.4. The average Bonchev–Trinajstić information content (AvgIpc) is 2.25. The molecule has 0 spiro atoms. The lowest BCUT2D eigenvalue weighted by molar-refractivity contribution is -0.884. The number of carbonyl (C=O) groups excluding carboxylic acids is 1. The van der Waals surface area contributed by atoms with E-state index in [1.807, 2.05) is 0 Å². The highest BCUT2D eigenvalue weighted by Crippen LogP contribution is 2.39. The van der Waals surface area contributed by atoms with Crippen LogP contribution in [0.3, 0.4) is 0 Å². The van der Waals surface area contributed by atoms with Gasteiger partial charge in [-0.3, -0.25) is 4.18 Å². The van der Waals surface area contributed by atoms with Gasteiger partial charge in [0.15, 0.2) is 6.67 Å². The largest absolute Gasteiger partial charge is 0.544 e. The van der Waals surface area contributed by atoms with Gasteiger partial charge in [0, 0.05) is 0 Å². The molecule has 12 heteroatoms. The first kappa shape index (κ1) is 20.0. The van der Waals surface area contributed by atoms with E-state index in [0.717, 1.165) is 0 Å². The maximum Gasteiger partial charge on any atom is 0.434 e. The molecule has 0 aromatic heterocycles. The summed E-state index contributed by atoms with van der Waals surface area (Å²) in [6.45, 7) is -4.85. The second-order valence-electron chi connectivity index (χ2n) is 4.82. The van der Waals surface area contributed by atoms with Crippen molar-refractivity contribution in [2.24, 2.45) is 0 Å². The molecule has 0 rings (SSSR count). The molecule has 6 nitrogen and oxygen atoms in total. The quantitative estimate of drug-likeness (QED) is 0.316. The number of likely N-dealkylation sites (N-methyl/N-ethyl adjacent to an activating group) is 1. The summed E-state index contributed by atoms with van der Waals surface area (Å²) >= 11 is 0. The van der Waals surface area contributed by atoms with Crippen molar-refractivity contribution in [3.8, 4) is 0 Å². The van der Waals surface area contributed by atoms with E-state index in [1.165, 1.54) is 14.1 Å². The van der Waals surface area contributed by atoms with E-state index in [4.69, 9.17) is 0 Å². The number of carboxylic acid groups (broad SMARTS) is 1. The van der Waals surface area contributed by atoms with E-state index >= 15 is 0 Å². The van der Waals surface area contributed by atoms with E-state index in [1.54, 1.807) is 0 Å². The summed E-state index contributed by atoms with van der Waals surface area (Å²) in [6.07, 6.45) is 0. The fourth-order valence-corrected chi connectivity index (χ4v) is 2.02. The molecule has 0 bridgehead atoms. The first-order chi connectivity index (χ1) is 9.18. The van der Waals surface area contributed by atoms with Crippen LogP contribution in [0.5, 0.6) is 0 Å². The van der Waals surface area contributed by atoms with Gasteiger partial charge in [0.25, 0.3) is 0 Å². The summed E-state index contributed by atoms with van der Waals surface area (Å²) in [7, 11) is -3.49. The first-order valence-corrected chi connectivity index (χ1v) is 6.82. The lowest BCUT2D eigenvalue weighted by Crippen LogP contribution is -2.52. The zero-order chi connectivity index (χ0) is 17.1. The first-order valence-electron chi connectivity index (χ1n) is 5.41. The van der Waals surface area contributed by atoms with Crippen LogP contribution >= 0.6 is 0 Å². The van der Waals surface area contributed by atoms with Gasteiger partial charge in [-0.05, 0) is 0 Å². The Morgan fingerprint density at radius 1 is 1.24 bits per heavy atom. The molecule has 0 aliphatic rings. The topological polar surface area (TPSA) is 83.5 Å². The van der Waals surface area contributed by atoms with Crippen LogP contribution in [0.2, 0.25) is 0 Å². The summed E-state index contributed by atoms with van der Waals surface area (Å²) in [5.41, 5.74) is 0. The number of carboxylic acids is 1. The number of hydrogen-bond donors (Lipinski definition) is 0. The monoisotopic (exact) mass is 343 g/mol. The molecule has 0 fully saturated rings. The highest BCUT2D eigenvalue weighted by atomic mass is 32.2. The van der Waals surface area contributed by atoms with Gasteiger partial charge >= 0.3 is 21.3 Å². The van der Waals surface area contributed by atoms with Gasteiger partial charge in [0.1, 0.15) is 19.7 Å². The third kappa shape index (κ3) is 5.04. The number of carbonyl (C=O) groups is 1. The molecule has 0 unspecified atom stereocenters. The Labute approximate surface area is 117 Å². The number of halogens is 5. The van der Waals surface area contributed by atoms with Crippen molar-refractivity contribution >= 4 is 16.1 Å². The van der Waals surface area contributed by atoms with Gasteiger partial charge in [-0.25, -0.2) is 4.39 Å². The van der Waals surface area contributed by atoms with Crippen LogP contribution in [0.1, 0.15) is 0 Å². The van der Waals surface area contributed by atoms with Crippen molar-refractivity contribution in [2.45, 2.75) is 11.2 Å². The molecule has 0 heterocycles. The zero-order valence-corrected chi connectivity index (χ0v) is 11.9. The van der Waals surface area contributed by atoms with Crippen molar-refractivity contribution in [3.63, 3.8) is 0 Å². The van der Waals surface area contributed by atoms with Gasteiger partial charge in [-0.15, -0.1) is 0 Å². The predicted molar refractivity (Wildman–Crippen MR) is 57.6 cm³/mol. The Balaban J connectivity index is 4.83. The van der Waals surface area contributed by atoms with Crippen molar-refractivity contribution < 1.29 is 48.9 Å². The molecule has 0 saturated carbocycles. The molecule has 0 amide bonds. The molecule has 0 aliphatic heterocycles. The molecular formula is C9H14F5NO5S. The Kier molecular flexibility index (Phi) is 6.09. The normalized spacial score (nSPS) is 14.2. The second-order valence-corrected chi connectivity index (χ2v) is 6.48. The van der Waals surface area contributed by atoms with Crippen LogP contribution in [0, 0.1) is 0 Å². The van der Waals surface area contributed by atoms with Crippen LogP contribution in [-0.2, 0) is 19.1 Å². The van der Waals surface area contributed by atoms with Crippen molar-refractivity contribution in [1.82, 2.24) is 0 Å². The number of aliphatic carboxylic acids is 1. The number of hydrogen-bond acceptors (Lipinski definition) is 5. The predicted octanol–water partition coefficient (Wildman–Crippen LogP) is -0.643. The van der Waals surface area contributed by atoms with E-state index in [-0.39, 0.29) is 0 Å². The molecule has 21 heavy (non-hydrogen) atoms. The fraction of sp³-hybridized carbons (Fsp3) is 0.889. The summed E-state index contributed by atoms with van der Waals surface area (Å²) in [5, 5.41) is 4.62. The van der Waals surface area contributed by atoms with Crippen molar-refractivity contribution in [1.29, 1.82) is 0 Å². The Morgan fingerprint density at radius 3 is 2.10 bits per heavy atom. The van der Waals surface area contributed by atoms with Gasteiger partial charge in [-0.2, -0.15) is 26.0 Å². The molecule has 0 radical (unpaired) electrons. The lowest BCUT2D eigenvalue weighted by Gasteiger charge is -2.30. The van der Waals surface area contributed by atoms with Crippen LogP contribution in [0.25, 0.3) is 0 Å². The minimum atomic E-state index is -6.08. The Hall–Kier alpha value is -1.01. The van der Waals surface area contributed by atoms with Gasteiger partial charge < -0.3 is 14.4 Å². The van der Waals surface area contributed by atoms with Crippen LogP contribution < -0.4 is 5.11 Å². The van der Waals surface area contributed by atoms with E-state index < -0.39 is 58.1 Å². The minimum absolute atomic E-state index is 0.398. The SMILES string of the molecule is C[N+](C)(CCOS(=O)(=O)C(F)(F)C(F)(F)CF)CC(=O)[O-]. The maximum atomic E-state index is 13.0. The Morgan fingerprint density at radius 2 is 1.71 bits per heavy atom. The van der Waals surface area contributed by atoms with E-state index in [0.29, 0.717) is 0 Å². The molecular weight excluding hydrogens is 329 g/mol. The zero-order valence-electron chi connectivity index (χ0n) is 11.1. The minimum Gasteiger partial charge on any atom is -0.544 e. The number of quaternary nitrogens is 1. The average molecular weight is 343 g/mol. The molecule has 126 valence electrons.